The topological polar surface area (TPSA) is 91.0 Å². The Morgan fingerprint density at radius 2 is 2.11 bits per heavy atom. The molecule has 2 rings (SSSR count). The number of aromatic carboxylic acids is 1. The van der Waals surface area contributed by atoms with E-state index < -0.39 is 5.97 Å². The lowest BCUT2D eigenvalue weighted by Gasteiger charge is -2.13. The van der Waals surface area contributed by atoms with E-state index in [1.807, 2.05) is 0 Å². The van der Waals surface area contributed by atoms with Gasteiger partial charge in [-0.3, -0.25) is 15.4 Å². The molecule has 18 heavy (non-hydrogen) atoms. The fourth-order valence-electron chi connectivity index (χ4n) is 1.19. The predicted octanol–water partition coefficient (Wildman–Crippen LogP) is 0.463. The van der Waals surface area contributed by atoms with Crippen molar-refractivity contribution in [2.45, 2.75) is 0 Å². The fourth-order valence-corrected chi connectivity index (χ4v) is 1.30. The van der Waals surface area contributed by atoms with Crippen LogP contribution in [0.1, 0.15) is 10.4 Å². The molecule has 1 aliphatic heterocycles. The normalized spacial score (nSPS) is 12.6. The third-order valence-corrected chi connectivity index (χ3v) is 2.06. The summed E-state index contributed by atoms with van der Waals surface area (Å²) in [5.74, 6) is -0.879. The Labute approximate surface area is 110 Å². The van der Waals surface area contributed by atoms with Gasteiger partial charge >= 0.3 is 5.97 Å². The van der Waals surface area contributed by atoms with Crippen molar-refractivity contribution in [3.05, 3.63) is 35.9 Å². The lowest BCUT2D eigenvalue weighted by Crippen LogP contribution is -2.42. The molecule has 6 nitrogen and oxygen atoms in total. The number of carboxylic acids is 1. The molecule has 0 aromatic heterocycles. The third-order valence-electron chi connectivity index (χ3n) is 1.97. The molecule has 7 heteroatoms. The van der Waals surface area contributed by atoms with E-state index in [1.165, 1.54) is 0 Å². The summed E-state index contributed by atoms with van der Waals surface area (Å²) in [4.78, 5) is 14.1. The minimum absolute atomic E-state index is 0.281. The van der Waals surface area contributed by atoms with Gasteiger partial charge in [0.1, 0.15) is 6.34 Å². The second-order valence-corrected chi connectivity index (χ2v) is 3.80. The molecule has 0 spiro atoms. The smallest absolute Gasteiger partial charge is 0.335 e. The van der Waals surface area contributed by atoms with E-state index in [0.29, 0.717) is 5.56 Å². The molecule has 0 unspecified atom stereocenters. The van der Waals surface area contributed by atoms with Crippen molar-refractivity contribution in [1.82, 2.24) is 10.4 Å². The zero-order valence-electron chi connectivity index (χ0n) is 9.61. The van der Waals surface area contributed by atoms with E-state index in [0.717, 1.165) is 13.1 Å². The van der Waals surface area contributed by atoms with Crippen molar-refractivity contribution < 1.29 is 9.90 Å². The first-order chi connectivity index (χ1) is 8.59. The van der Waals surface area contributed by atoms with Gasteiger partial charge in [0.25, 0.3) is 0 Å². The zero-order chi connectivity index (χ0) is 13.4. The highest BCUT2D eigenvalue weighted by atomic mass is 32.1. The molecule has 0 aliphatic carbocycles. The number of nitrogens with one attached hydrogen (secondary N) is 1. The number of hydrogen-bond acceptors (Lipinski definition) is 4. The van der Waals surface area contributed by atoms with Crippen LogP contribution in [0.3, 0.4) is 0 Å². The molecule has 0 saturated heterocycles. The van der Waals surface area contributed by atoms with Crippen molar-refractivity contribution in [2.24, 2.45) is 10.7 Å². The Morgan fingerprint density at radius 1 is 1.44 bits per heavy atom. The lowest BCUT2D eigenvalue weighted by molar-refractivity contribution is 0.0697. The summed E-state index contributed by atoms with van der Waals surface area (Å²) >= 11 is 4.60. The number of hydrazine groups is 1. The maximum atomic E-state index is 10.2. The molecule has 4 N–H and O–H groups in total. The van der Waals surface area contributed by atoms with Crippen LogP contribution in [0.4, 0.5) is 0 Å². The van der Waals surface area contributed by atoms with Crippen LogP contribution in [-0.4, -0.2) is 40.6 Å². The molecule has 1 heterocycles. The second kappa shape index (κ2) is 7.23. The van der Waals surface area contributed by atoms with E-state index in [2.05, 4.69) is 22.6 Å². The average molecular weight is 266 g/mol. The van der Waals surface area contributed by atoms with Crippen LogP contribution in [0.5, 0.6) is 0 Å². The van der Waals surface area contributed by atoms with Crippen LogP contribution in [0.2, 0.25) is 0 Å². The van der Waals surface area contributed by atoms with Gasteiger partial charge in [0.2, 0.25) is 0 Å². The highest BCUT2D eigenvalue weighted by Crippen LogP contribution is 1.96. The SMILES string of the molecule is NC(=S)NN1C=NCC1.O=C(O)c1ccccc1. The van der Waals surface area contributed by atoms with Gasteiger partial charge in [-0.15, -0.1) is 0 Å². The van der Waals surface area contributed by atoms with Gasteiger partial charge in [-0.25, -0.2) is 4.79 Å². The Balaban J connectivity index is 0.000000180. The fraction of sp³-hybridized carbons (Fsp3) is 0.182. The van der Waals surface area contributed by atoms with Gasteiger partial charge < -0.3 is 10.8 Å². The first-order valence-corrected chi connectivity index (χ1v) is 5.61. The minimum atomic E-state index is -0.879. The van der Waals surface area contributed by atoms with Crippen LogP contribution in [0.25, 0.3) is 0 Å². The summed E-state index contributed by atoms with van der Waals surface area (Å²) in [7, 11) is 0. The number of rotatable bonds is 2. The van der Waals surface area contributed by atoms with Crippen molar-refractivity contribution >= 4 is 29.6 Å². The van der Waals surface area contributed by atoms with Gasteiger partial charge in [-0.05, 0) is 24.4 Å². The summed E-state index contributed by atoms with van der Waals surface area (Å²) < 4.78 is 0. The van der Waals surface area contributed by atoms with Gasteiger partial charge in [-0.2, -0.15) is 0 Å². The minimum Gasteiger partial charge on any atom is -0.478 e. The molecule has 0 amide bonds. The molecule has 96 valence electrons. The third kappa shape index (κ3) is 5.26. The van der Waals surface area contributed by atoms with Crippen LogP contribution in [0, 0.1) is 0 Å². The Hall–Kier alpha value is -2.15. The van der Waals surface area contributed by atoms with Gasteiger partial charge in [-0.1, -0.05) is 18.2 Å². The van der Waals surface area contributed by atoms with E-state index >= 15 is 0 Å². The summed E-state index contributed by atoms with van der Waals surface area (Å²) in [5.41, 5.74) is 8.26. The summed E-state index contributed by atoms with van der Waals surface area (Å²) in [6.07, 6.45) is 1.68. The van der Waals surface area contributed by atoms with E-state index in [1.54, 1.807) is 41.7 Å². The van der Waals surface area contributed by atoms with Crippen LogP contribution >= 0.6 is 12.2 Å². The highest BCUT2D eigenvalue weighted by Gasteiger charge is 2.03. The maximum Gasteiger partial charge on any atom is 0.335 e. The van der Waals surface area contributed by atoms with Gasteiger partial charge in [0.15, 0.2) is 5.11 Å². The number of nitrogens with two attached hydrogens (primary N) is 1. The molecule has 0 fully saturated rings. The Morgan fingerprint density at radius 3 is 2.50 bits per heavy atom. The first kappa shape index (κ1) is 13.9. The molecule has 1 aliphatic rings. The highest BCUT2D eigenvalue weighted by molar-refractivity contribution is 7.80. The maximum absolute atomic E-state index is 10.2. The molecule has 0 radical (unpaired) electrons. The molecular weight excluding hydrogens is 252 g/mol. The number of benzene rings is 1. The molecule has 0 bridgehead atoms. The van der Waals surface area contributed by atoms with E-state index in [9.17, 15) is 4.79 Å². The number of nitrogens with zero attached hydrogens (tertiary/aromatic N) is 2. The van der Waals surface area contributed by atoms with Crippen molar-refractivity contribution in [1.29, 1.82) is 0 Å². The summed E-state index contributed by atoms with van der Waals surface area (Å²) in [6.45, 7) is 1.66. The van der Waals surface area contributed by atoms with E-state index in [4.69, 9.17) is 10.8 Å². The average Bonchev–Trinajstić information content (AvgIpc) is 2.83. The van der Waals surface area contributed by atoms with Crippen LogP contribution < -0.4 is 11.2 Å². The van der Waals surface area contributed by atoms with Crippen LogP contribution in [-0.2, 0) is 0 Å². The van der Waals surface area contributed by atoms with Crippen molar-refractivity contribution in [2.75, 3.05) is 13.1 Å². The number of carboxylic acid groups (broad SMARTS) is 1. The zero-order valence-corrected chi connectivity index (χ0v) is 10.4. The largest absolute Gasteiger partial charge is 0.478 e. The Bertz CT molecular complexity index is 436. The van der Waals surface area contributed by atoms with Gasteiger partial charge in [0.05, 0.1) is 18.7 Å². The van der Waals surface area contributed by atoms with Crippen LogP contribution in [0.15, 0.2) is 35.3 Å². The van der Waals surface area contributed by atoms with Crippen molar-refractivity contribution in [3.63, 3.8) is 0 Å². The molecule has 0 atom stereocenters. The van der Waals surface area contributed by atoms with Crippen molar-refractivity contribution in [3.8, 4) is 0 Å². The summed E-state index contributed by atoms with van der Waals surface area (Å²) in [5, 5.41) is 10.4. The molecule has 1 aromatic rings. The Kier molecular flexibility index (Phi) is 5.59. The van der Waals surface area contributed by atoms with Gasteiger partial charge in [0, 0.05) is 0 Å². The number of thiocarbonyl (C=S) groups is 1. The molecule has 0 saturated carbocycles. The number of hydrogen-bond donors (Lipinski definition) is 3. The second-order valence-electron chi connectivity index (χ2n) is 3.36. The standard InChI is InChI=1S/C7H6O2.C4H8N4S/c8-7(9)6-4-2-1-3-5-6;5-4(9)7-8-2-1-6-3-8/h1-5H,(H,8,9);3H,1-2H2,(H3,5,7,9). The quantitative estimate of drug-likeness (QED) is 0.674. The first-order valence-electron chi connectivity index (χ1n) is 5.20. The van der Waals surface area contributed by atoms with E-state index in [-0.39, 0.29) is 5.11 Å². The predicted molar refractivity (Wildman–Crippen MR) is 73.4 cm³/mol. The summed E-state index contributed by atoms with van der Waals surface area (Å²) in [6, 6.07) is 8.30. The molecular formula is C11H14N4O2S. The monoisotopic (exact) mass is 266 g/mol. The number of carbonyl (C=O) groups is 1. The molecule has 1 aromatic carbocycles. The lowest BCUT2D eigenvalue weighted by atomic mass is 10.2. The number of aliphatic imine (C=N–C) groups is 1.